The van der Waals surface area contributed by atoms with Crippen molar-refractivity contribution in [2.45, 2.75) is 147 Å². The van der Waals surface area contributed by atoms with E-state index in [1.54, 1.807) is 82.3 Å². The van der Waals surface area contributed by atoms with Crippen molar-refractivity contribution in [2.24, 2.45) is 11.8 Å². The third kappa shape index (κ3) is 15.7. The Balaban J connectivity index is 1.65. The number of fused-ring (bicyclic) bond motifs is 2. The number of esters is 1. The van der Waals surface area contributed by atoms with E-state index in [2.05, 4.69) is 26.6 Å². The predicted octanol–water partition coefficient (Wildman–Crippen LogP) is 0.862. The van der Waals surface area contributed by atoms with Gasteiger partial charge in [-0.15, -0.1) is 0 Å². The van der Waals surface area contributed by atoms with Gasteiger partial charge in [0.05, 0.1) is 7.11 Å². The number of ether oxygens (including phenoxy) is 2. The number of aliphatic hydroxyl groups is 2. The van der Waals surface area contributed by atoms with E-state index in [9.17, 15) is 58.8 Å². The Bertz CT molecular complexity index is 2530. The van der Waals surface area contributed by atoms with Crippen molar-refractivity contribution in [3.05, 3.63) is 95.6 Å². The van der Waals surface area contributed by atoms with Crippen LogP contribution in [0.1, 0.15) is 83.4 Å². The molecule has 0 spiro atoms. The molecule has 7 amide bonds. The van der Waals surface area contributed by atoms with Gasteiger partial charge in [-0.3, -0.25) is 38.4 Å². The lowest BCUT2D eigenvalue weighted by atomic mass is 9.95. The number of hydrogen-bond acceptors (Lipinski definition) is 14. The Hall–Kier alpha value is -7.59. The van der Waals surface area contributed by atoms with Crippen molar-refractivity contribution in [2.75, 3.05) is 14.2 Å². The van der Waals surface area contributed by atoms with Crippen LogP contribution in [0.15, 0.2) is 78.9 Å². The van der Waals surface area contributed by atoms with Crippen molar-refractivity contribution in [1.29, 1.82) is 0 Å². The quantitative estimate of drug-likeness (QED) is 0.0848. The highest BCUT2D eigenvalue weighted by atomic mass is 16.5. The van der Waals surface area contributed by atoms with E-state index >= 15 is 4.79 Å². The van der Waals surface area contributed by atoms with Gasteiger partial charge in [0, 0.05) is 32.7 Å². The minimum Gasteiger partial charge on any atom is -0.508 e. The monoisotopic (exact) mass is 1060 g/mol. The van der Waals surface area contributed by atoms with Crippen molar-refractivity contribution in [1.82, 2.24) is 36.4 Å². The zero-order valence-corrected chi connectivity index (χ0v) is 43.8. The Morgan fingerprint density at radius 3 is 1.97 bits per heavy atom. The van der Waals surface area contributed by atoms with Gasteiger partial charge in [-0.25, -0.2) is 4.79 Å². The zero-order chi connectivity index (χ0) is 56.0. The first-order chi connectivity index (χ1) is 36.0. The highest BCUT2D eigenvalue weighted by Crippen LogP contribution is 2.26. The largest absolute Gasteiger partial charge is 0.508 e. The summed E-state index contributed by atoms with van der Waals surface area (Å²) in [5, 5.41) is 54.9. The van der Waals surface area contributed by atoms with Gasteiger partial charge < -0.3 is 66.3 Å². The number of aromatic hydroxyl groups is 1. The molecule has 412 valence electrons. The van der Waals surface area contributed by atoms with Crippen LogP contribution in [-0.4, -0.2) is 158 Å². The SMILES string of the molecule is CC[C@@H](C)[C@H](O)C(=O)N[C@@H](CCC(=O)O)C(=O)N[C@@H]1C(=O)N[C@@H](Cc2ccccc2)C(=O)N[C@@H]2CC[C@@H](O)N(C2=O)[C@@H](Cc2ccc(OC)cc2)C(=O)N(C)[C@@H](Cc2ccc(O)cc2)C(=O)N[C@@H](C(C)C)C(=O)O[C@@H]1C. The van der Waals surface area contributed by atoms with Crippen molar-refractivity contribution in [3.63, 3.8) is 0 Å². The van der Waals surface area contributed by atoms with Crippen LogP contribution in [0.3, 0.4) is 0 Å². The molecule has 11 atom stereocenters. The first-order valence-electron chi connectivity index (χ1n) is 25.4. The van der Waals surface area contributed by atoms with Gasteiger partial charge in [-0.05, 0) is 79.0 Å². The number of carboxylic acids is 1. The molecule has 0 aliphatic carbocycles. The number of nitrogens with one attached hydrogen (secondary N) is 5. The molecule has 22 heteroatoms. The van der Waals surface area contributed by atoms with Gasteiger partial charge in [0.15, 0.2) is 0 Å². The van der Waals surface area contributed by atoms with Crippen LogP contribution in [0.4, 0.5) is 0 Å². The summed E-state index contributed by atoms with van der Waals surface area (Å²) in [4.78, 5) is 130. The number of phenolic OH excluding ortho intramolecular Hbond substituents is 1. The molecule has 76 heavy (non-hydrogen) atoms. The van der Waals surface area contributed by atoms with Crippen molar-refractivity contribution >= 4 is 53.3 Å². The summed E-state index contributed by atoms with van der Waals surface area (Å²) >= 11 is 0. The number of likely N-dealkylation sites (N-methyl/N-ethyl adjacent to an activating group) is 1. The minimum absolute atomic E-state index is 0.0795. The van der Waals surface area contributed by atoms with Gasteiger partial charge >= 0.3 is 11.9 Å². The number of aliphatic carboxylic acids is 1. The zero-order valence-electron chi connectivity index (χ0n) is 43.8. The molecule has 3 aromatic carbocycles. The number of aliphatic hydroxyl groups excluding tert-OH is 2. The fraction of sp³-hybridized carbons (Fsp3) is 0.500. The van der Waals surface area contributed by atoms with Crippen LogP contribution >= 0.6 is 0 Å². The number of carbonyl (C=O) groups excluding carboxylic acids is 8. The number of carboxylic acid groups (broad SMARTS) is 1. The number of phenols is 1. The Labute approximate surface area is 441 Å². The first-order valence-corrected chi connectivity index (χ1v) is 25.4. The third-order valence-electron chi connectivity index (χ3n) is 13.8. The van der Waals surface area contributed by atoms with Gasteiger partial charge in [-0.1, -0.05) is 88.7 Å². The fourth-order valence-corrected chi connectivity index (χ4v) is 8.93. The standard InChI is InChI=1S/C54H71N7O15/c1-8-30(4)46(66)51(71)55-37(23-25-43(64)65)47(67)59-45-31(5)76-54(74)44(29(2)3)58-49(69)40(27-33-14-18-35(62)19-15-33)60(6)53(73)41(28-34-16-20-36(75-7)21-17-34)61-42(63)24-22-38(52(61)72)56-48(68)39(57-50(45)70)26-32-12-10-9-11-13-32/h9-21,29-31,37-42,44-46,62-63,66H,8,22-28H2,1-7H3,(H,55,71)(H,56,68)(H,57,70)(H,58,69)(H,59,67)(H,64,65)/t30-,31-,37+,38-,39+,40+,41+,42-,44+,45+,46+/m1/s1. The molecule has 2 bridgehead atoms. The minimum atomic E-state index is -1.90. The maximum Gasteiger partial charge on any atom is 0.329 e. The second kappa shape index (κ2) is 27.3. The second-order valence-corrected chi connectivity index (χ2v) is 19.7. The molecule has 9 N–H and O–H groups in total. The fourth-order valence-electron chi connectivity index (χ4n) is 8.93. The first kappa shape index (κ1) is 59.3. The van der Waals surface area contributed by atoms with E-state index in [4.69, 9.17) is 9.47 Å². The molecular formula is C54H71N7O15. The van der Waals surface area contributed by atoms with Gasteiger partial charge in [0.2, 0.25) is 41.4 Å². The summed E-state index contributed by atoms with van der Waals surface area (Å²) in [6.07, 6.45) is -6.40. The average molecular weight is 1060 g/mol. The van der Waals surface area contributed by atoms with E-state index in [0.29, 0.717) is 28.9 Å². The summed E-state index contributed by atoms with van der Waals surface area (Å²) in [5.41, 5.74) is 1.54. The maximum absolute atomic E-state index is 15.2. The van der Waals surface area contributed by atoms with E-state index in [-0.39, 0.29) is 37.9 Å². The second-order valence-electron chi connectivity index (χ2n) is 19.7. The molecule has 2 aliphatic rings. The Morgan fingerprint density at radius 2 is 1.38 bits per heavy atom. The molecule has 2 saturated heterocycles. The lowest BCUT2D eigenvalue weighted by Gasteiger charge is -2.43. The van der Waals surface area contributed by atoms with E-state index in [1.165, 1.54) is 45.3 Å². The number of rotatable bonds is 17. The third-order valence-corrected chi connectivity index (χ3v) is 13.8. The number of piperidine rings is 1. The predicted molar refractivity (Wildman–Crippen MR) is 273 cm³/mol. The number of methoxy groups -OCH3 is 1. The molecule has 0 saturated carbocycles. The van der Waals surface area contributed by atoms with Crippen LogP contribution in [0, 0.1) is 11.8 Å². The van der Waals surface area contributed by atoms with Crippen LogP contribution in [0.2, 0.25) is 0 Å². The molecule has 22 nitrogen and oxygen atoms in total. The summed E-state index contributed by atoms with van der Waals surface area (Å²) in [7, 11) is 2.80. The summed E-state index contributed by atoms with van der Waals surface area (Å²) in [6.45, 7) is 7.73. The van der Waals surface area contributed by atoms with Crippen molar-refractivity contribution < 1.29 is 73.1 Å². The lowest BCUT2D eigenvalue weighted by molar-refractivity contribution is -0.165. The van der Waals surface area contributed by atoms with Gasteiger partial charge in [0.1, 0.15) is 72.2 Å². The molecule has 0 aromatic heterocycles. The number of cyclic esters (lactones) is 1. The molecule has 5 rings (SSSR count). The van der Waals surface area contributed by atoms with Crippen LogP contribution in [0.25, 0.3) is 0 Å². The summed E-state index contributed by atoms with van der Waals surface area (Å²) in [6, 6.07) is 9.98. The van der Waals surface area contributed by atoms with Crippen LogP contribution < -0.4 is 31.3 Å². The topological polar surface area (TPSA) is 320 Å². The van der Waals surface area contributed by atoms with E-state index in [1.807, 2.05) is 0 Å². The highest BCUT2D eigenvalue weighted by molar-refractivity contribution is 5.98. The highest BCUT2D eigenvalue weighted by Gasteiger charge is 2.46. The smallest absolute Gasteiger partial charge is 0.329 e. The molecule has 2 fully saturated rings. The number of carbonyl (C=O) groups is 9. The van der Waals surface area contributed by atoms with Crippen molar-refractivity contribution in [3.8, 4) is 11.5 Å². The lowest BCUT2D eigenvalue weighted by Crippen LogP contribution is -2.65. The molecule has 2 heterocycles. The molecule has 0 radical (unpaired) electrons. The Morgan fingerprint density at radius 1 is 0.776 bits per heavy atom. The molecule has 3 aromatic rings. The summed E-state index contributed by atoms with van der Waals surface area (Å²) in [5.74, 6) is -9.97. The Kier molecular flexibility index (Phi) is 21.3. The normalized spacial score (nSPS) is 24.3. The molecular weight excluding hydrogens is 987 g/mol. The molecule has 2 aliphatic heterocycles. The summed E-state index contributed by atoms with van der Waals surface area (Å²) < 4.78 is 11.2. The van der Waals surface area contributed by atoms with Gasteiger partial charge in [0.25, 0.3) is 0 Å². The number of benzene rings is 3. The maximum atomic E-state index is 15.2. The average Bonchev–Trinajstić information content (AvgIpc) is 3.39. The van der Waals surface area contributed by atoms with Crippen LogP contribution in [-0.2, 0) is 67.2 Å². The molecule has 0 unspecified atom stereocenters. The number of hydrogen-bond donors (Lipinski definition) is 9. The van der Waals surface area contributed by atoms with E-state index < -0.39 is 139 Å². The van der Waals surface area contributed by atoms with Gasteiger partial charge in [-0.2, -0.15) is 0 Å². The van der Waals surface area contributed by atoms with Crippen LogP contribution in [0.5, 0.6) is 11.5 Å². The van der Waals surface area contributed by atoms with E-state index in [0.717, 1.165) is 9.80 Å². The number of nitrogens with zero attached hydrogens (tertiary/aromatic N) is 2. The number of amides is 7.